The lowest BCUT2D eigenvalue weighted by atomic mass is 10.0. The largest absolute Gasteiger partial charge is 0.462 e. The summed E-state index contributed by atoms with van der Waals surface area (Å²) in [5.74, 6) is -0.0739. The molecule has 1 unspecified atom stereocenters. The van der Waals surface area contributed by atoms with Crippen LogP contribution >= 0.6 is 11.3 Å². The fraction of sp³-hybridized carbons (Fsp3) is 0.595. The molecule has 1 amide bonds. The van der Waals surface area contributed by atoms with Gasteiger partial charge in [-0.2, -0.15) is 0 Å². The van der Waals surface area contributed by atoms with Crippen LogP contribution in [-0.4, -0.2) is 36.6 Å². The zero-order valence-electron chi connectivity index (χ0n) is 29.0. The number of amides is 1. The molecule has 0 radical (unpaired) electrons. The first-order chi connectivity index (χ1) is 22.3. The Bertz CT molecular complexity index is 1410. The van der Waals surface area contributed by atoms with E-state index in [4.69, 9.17) is 4.74 Å². The van der Waals surface area contributed by atoms with Crippen molar-refractivity contribution in [3.63, 3.8) is 0 Å². The van der Waals surface area contributed by atoms with Crippen molar-refractivity contribution in [3.8, 4) is 0 Å². The van der Waals surface area contributed by atoms with Gasteiger partial charge < -0.3 is 15.0 Å². The number of nitrogens with one attached hydrogen (secondary N) is 1. The summed E-state index contributed by atoms with van der Waals surface area (Å²) in [6.07, 6.45) is 14.0. The van der Waals surface area contributed by atoms with Crippen LogP contribution in [0.3, 0.4) is 0 Å². The van der Waals surface area contributed by atoms with Crippen molar-refractivity contribution in [2.24, 2.45) is 16.1 Å². The number of azo groups is 1. The second-order valence-corrected chi connectivity index (χ2v) is 13.3. The van der Waals surface area contributed by atoms with Gasteiger partial charge in [-0.25, -0.2) is 9.78 Å². The molecule has 3 aromatic rings. The Balaban J connectivity index is 1.81. The van der Waals surface area contributed by atoms with Crippen LogP contribution in [0.4, 0.5) is 22.2 Å². The molecule has 1 aromatic heterocycles. The Morgan fingerprint density at radius 1 is 0.913 bits per heavy atom. The molecule has 0 spiro atoms. The molecule has 3 rings (SSSR count). The summed E-state index contributed by atoms with van der Waals surface area (Å²) in [5.41, 5.74) is 4.72. The molecule has 46 heavy (non-hydrogen) atoms. The number of hydrogen-bond acceptors (Lipinski definition) is 8. The van der Waals surface area contributed by atoms with Crippen molar-refractivity contribution >= 4 is 55.6 Å². The van der Waals surface area contributed by atoms with Crippen LogP contribution in [0, 0.1) is 12.8 Å². The number of aromatic nitrogens is 1. The maximum absolute atomic E-state index is 12.8. The molecule has 0 saturated carbocycles. The Hall–Kier alpha value is -3.33. The predicted octanol–water partition coefficient (Wildman–Crippen LogP) is 11.3. The highest BCUT2D eigenvalue weighted by atomic mass is 32.1. The third-order valence-corrected chi connectivity index (χ3v) is 9.28. The topological polar surface area (TPSA) is 96.3 Å². The summed E-state index contributed by atoms with van der Waals surface area (Å²) in [4.78, 5) is 32.1. The van der Waals surface area contributed by atoms with Crippen LogP contribution in [0.2, 0.25) is 0 Å². The minimum Gasteiger partial charge on any atom is -0.462 e. The van der Waals surface area contributed by atoms with E-state index < -0.39 is 0 Å². The van der Waals surface area contributed by atoms with Gasteiger partial charge in [-0.15, -0.1) is 10.2 Å². The normalized spacial score (nSPS) is 12.1. The average molecular weight is 650 g/mol. The van der Waals surface area contributed by atoms with E-state index >= 15 is 0 Å². The maximum atomic E-state index is 12.8. The highest BCUT2D eigenvalue weighted by Gasteiger charge is 2.16. The molecule has 0 fully saturated rings. The number of nitrogens with zero attached hydrogens (tertiary/aromatic N) is 4. The van der Waals surface area contributed by atoms with Gasteiger partial charge in [-0.3, -0.25) is 4.79 Å². The maximum Gasteiger partial charge on any atom is 0.338 e. The number of esters is 1. The van der Waals surface area contributed by atoms with Gasteiger partial charge >= 0.3 is 5.97 Å². The average Bonchev–Trinajstić information content (AvgIpc) is 3.46. The van der Waals surface area contributed by atoms with Gasteiger partial charge in [0.2, 0.25) is 11.0 Å². The fourth-order valence-electron chi connectivity index (χ4n) is 5.56. The van der Waals surface area contributed by atoms with Gasteiger partial charge in [0.05, 0.1) is 28.1 Å². The number of hydrogen-bond donors (Lipinski definition) is 1. The van der Waals surface area contributed by atoms with Crippen molar-refractivity contribution in [1.29, 1.82) is 0 Å². The predicted molar refractivity (Wildman–Crippen MR) is 193 cm³/mol. The monoisotopic (exact) mass is 649 g/mol. The molecule has 9 heteroatoms. The van der Waals surface area contributed by atoms with Crippen molar-refractivity contribution in [2.45, 2.75) is 119 Å². The third-order valence-electron chi connectivity index (χ3n) is 8.38. The van der Waals surface area contributed by atoms with Crippen LogP contribution in [-0.2, 0) is 9.53 Å². The Kier molecular flexibility index (Phi) is 16.2. The lowest BCUT2D eigenvalue weighted by molar-refractivity contribution is -0.114. The minimum atomic E-state index is -0.311. The van der Waals surface area contributed by atoms with Crippen LogP contribution < -0.4 is 10.2 Å². The molecule has 1 heterocycles. The van der Waals surface area contributed by atoms with Crippen molar-refractivity contribution < 1.29 is 14.3 Å². The van der Waals surface area contributed by atoms with Crippen LogP contribution in [0.25, 0.3) is 10.2 Å². The summed E-state index contributed by atoms with van der Waals surface area (Å²) in [6.45, 7) is 14.8. The molecule has 1 atom stereocenters. The fourth-order valence-corrected chi connectivity index (χ4v) is 6.39. The SMILES string of the molecule is CCCCCCN(CCCCCC)c1cc(NC(C)=O)c(/N=N/c2nc3ccc(C(=O)OCC(CC)CCCC)cc3s2)cc1C. The number of carbonyl (C=O) groups excluding carboxylic acids is 2. The molecule has 252 valence electrons. The highest BCUT2D eigenvalue weighted by Crippen LogP contribution is 2.36. The molecule has 0 aliphatic rings. The number of fused-ring (bicyclic) bond motifs is 1. The van der Waals surface area contributed by atoms with E-state index in [-0.39, 0.29) is 11.9 Å². The van der Waals surface area contributed by atoms with Gasteiger partial charge in [0.15, 0.2) is 0 Å². The number of aryl methyl sites for hydroxylation is 1. The van der Waals surface area contributed by atoms with E-state index in [0.717, 1.165) is 73.1 Å². The van der Waals surface area contributed by atoms with E-state index in [1.807, 2.05) is 24.3 Å². The second-order valence-electron chi connectivity index (χ2n) is 12.3. The van der Waals surface area contributed by atoms with E-state index in [1.54, 1.807) is 6.07 Å². The van der Waals surface area contributed by atoms with E-state index in [1.165, 1.54) is 56.8 Å². The number of ether oxygens (including phenoxy) is 1. The summed E-state index contributed by atoms with van der Waals surface area (Å²) in [6, 6.07) is 9.45. The molecule has 0 bridgehead atoms. The number of thiazole rings is 1. The molecule has 8 nitrogen and oxygen atoms in total. The second kappa shape index (κ2) is 20.0. The first-order valence-electron chi connectivity index (χ1n) is 17.5. The number of unbranched alkanes of at least 4 members (excludes halogenated alkanes) is 7. The third kappa shape index (κ3) is 11.8. The summed E-state index contributed by atoms with van der Waals surface area (Å²) in [5, 5.41) is 12.5. The summed E-state index contributed by atoms with van der Waals surface area (Å²) < 4.78 is 6.50. The molecule has 0 saturated heterocycles. The van der Waals surface area contributed by atoms with Gasteiger partial charge in [-0.1, -0.05) is 96.8 Å². The number of benzene rings is 2. The lowest BCUT2D eigenvalue weighted by Gasteiger charge is -2.28. The smallest absolute Gasteiger partial charge is 0.338 e. The first kappa shape index (κ1) is 37.1. The van der Waals surface area contributed by atoms with Crippen molar-refractivity contribution in [1.82, 2.24) is 4.98 Å². The van der Waals surface area contributed by atoms with Crippen LogP contribution in [0.15, 0.2) is 40.6 Å². The standard InChI is InChI=1S/C37H55N5O3S/c1-7-11-14-16-21-42(22-17-15-12-8-2)34-25-32(38-28(6)43)33(23-27(34)5)40-41-37-39-31-20-19-30(24-35(31)46-37)36(44)45-26-29(10-4)18-13-9-3/h19-20,23-25,29H,7-18,21-22,26H2,1-6H3,(H,38,43)/b41-40+. The number of anilines is 2. The van der Waals surface area contributed by atoms with Crippen molar-refractivity contribution in [2.75, 3.05) is 29.9 Å². The van der Waals surface area contributed by atoms with Crippen molar-refractivity contribution in [3.05, 3.63) is 41.5 Å². The zero-order chi connectivity index (χ0) is 33.3. The van der Waals surface area contributed by atoms with Gasteiger partial charge in [0, 0.05) is 25.7 Å². The molecular formula is C37H55N5O3S. The van der Waals surface area contributed by atoms with Crippen LogP contribution in [0.1, 0.15) is 128 Å². The van der Waals surface area contributed by atoms with E-state index in [0.29, 0.717) is 34.6 Å². The summed E-state index contributed by atoms with van der Waals surface area (Å²) >= 11 is 1.37. The van der Waals surface area contributed by atoms with Gasteiger partial charge in [-0.05, 0) is 68.0 Å². The highest BCUT2D eigenvalue weighted by molar-refractivity contribution is 7.21. The number of carbonyl (C=O) groups is 2. The van der Waals surface area contributed by atoms with Gasteiger partial charge in [0.25, 0.3) is 0 Å². The molecular weight excluding hydrogens is 595 g/mol. The zero-order valence-corrected chi connectivity index (χ0v) is 29.8. The van der Waals surface area contributed by atoms with E-state index in [9.17, 15) is 9.59 Å². The Morgan fingerprint density at radius 2 is 1.61 bits per heavy atom. The number of rotatable bonds is 21. The first-order valence-corrected chi connectivity index (χ1v) is 18.3. The van der Waals surface area contributed by atoms with Crippen LogP contribution in [0.5, 0.6) is 0 Å². The van der Waals surface area contributed by atoms with E-state index in [2.05, 4.69) is 60.0 Å². The molecule has 0 aliphatic carbocycles. The van der Waals surface area contributed by atoms with Gasteiger partial charge in [0.1, 0.15) is 5.69 Å². The molecule has 0 aliphatic heterocycles. The summed E-state index contributed by atoms with van der Waals surface area (Å²) in [7, 11) is 0. The Labute approximate surface area is 280 Å². The Morgan fingerprint density at radius 3 is 2.24 bits per heavy atom. The quantitative estimate of drug-likeness (QED) is 0.0703. The lowest BCUT2D eigenvalue weighted by Crippen LogP contribution is -2.26. The molecule has 2 aromatic carbocycles. The minimum absolute atomic E-state index is 0.154. The molecule has 1 N–H and O–H groups in total.